The highest BCUT2D eigenvalue weighted by molar-refractivity contribution is 7.91. The Labute approximate surface area is 80.4 Å². The van der Waals surface area contributed by atoms with Gasteiger partial charge in [0.25, 0.3) is 0 Å². The molecule has 0 aliphatic rings. The molecule has 0 aromatic carbocycles. The van der Waals surface area contributed by atoms with Gasteiger partial charge in [0.05, 0.1) is 11.0 Å². The molecule has 0 aromatic rings. The van der Waals surface area contributed by atoms with Crippen LogP contribution in [0.4, 0.5) is 0 Å². The van der Waals surface area contributed by atoms with E-state index in [1.165, 1.54) is 0 Å². The summed E-state index contributed by atoms with van der Waals surface area (Å²) in [5, 5.41) is -0.306. The monoisotopic (exact) mass is 206 g/mol. The first-order chi connectivity index (χ1) is 5.90. The van der Waals surface area contributed by atoms with Crippen LogP contribution >= 0.6 is 0 Å². The van der Waals surface area contributed by atoms with Gasteiger partial charge in [-0.3, -0.25) is 0 Å². The number of aldehydes is 1. The Morgan fingerprint density at radius 3 is 2.15 bits per heavy atom. The molecule has 0 heterocycles. The Bertz CT molecular complexity index is 242. The lowest BCUT2D eigenvalue weighted by molar-refractivity contribution is -0.110. The standard InChI is InChI=1S/C9H18O3S/c1-8(2)13(11,12)6-4-5-9(3)7-10/h7-9H,4-6H2,1-3H3. The summed E-state index contributed by atoms with van der Waals surface area (Å²) in [5.74, 6) is 0.172. The molecule has 1 atom stereocenters. The fourth-order valence-corrected chi connectivity index (χ4v) is 1.95. The van der Waals surface area contributed by atoms with Gasteiger partial charge in [0.1, 0.15) is 6.29 Å². The summed E-state index contributed by atoms with van der Waals surface area (Å²) < 4.78 is 22.6. The van der Waals surface area contributed by atoms with Crippen LogP contribution in [0.25, 0.3) is 0 Å². The zero-order valence-corrected chi connectivity index (χ0v) is 9.30. The topological polar surface area (TPSA) is 51.2 Å². The van der Waals surface area contributed by atoms with E-state index >= 15 is 0 Å². The van der Waals surface area contributed by atoms with Crippen LogP contribution in [0.3, 0.4) is 0 Å². The molecule has 0 aromatic heterocycles. The van der Waals surface area contributed by atoms with Crippen molar-refractivity contribution in [3.05, 3.63) is 0 Å². The highest BCUT2D eigenvalue weighted by atomic mass is 32.2. The van der Waals surface area contributed by atoms with Gasteiger partial charge in [0.15, 0.2) is 9.84 Å². The SMILES string of the molecule is CC(C=O)CCCS(=O)(=O)C(C)C. The Hall–Kier alpha value is -0.380. The van der Waals surface area contributed by atoms with Gasteiger partial charge < -0.3 is 4.79 Å². The fourth-order valence-electron chi connectivity index (χ4n) is 0.910. The fraction of sp³-hybridized carbons (Fsp3) is 0.889. The average molecular weight is 206 g/mol. The van der Waals surface area contributed by atoms with Crippen molar-refractivity contribution in [1.29, 1.82) is 0 Å². The molecule has 0 radical (unpaired) electrons. The van der Waals surface area contributed by atoms with Crippen LogP contribution in [0.15, 0.2) is 0 Å². The van der Waals surface area contributed by atoms with Crippen LogP contribution < -0.4 is 0 Å². The minimum atomic E-state index is -2.92. The normalized spacial score (nSPS) is 14.5. The minimum absolute atomic E-state index is 0.0256. The smallest absolute Gasteiger partial charge is 0.152 e. The summed E-state index contributed by atoms with van der Waals surface area (Å²) in [4.78, 5) is 10.2. The summed E-state index contributed by atoms with van der Waals surface area (Å²) in [6.07, 6.45) is 2.11. The zero-order chi connectivity index (χ0) is 10.5. The van der Waals surface area contributed by atoms with Crippen molar-refractivity contribution in [3.63, 3.8) is 0 Å². The molecule has 1 unspecified atom stereocenters. The van der Waals surface area contributed by atoms with Gasteiger partial charge >= 0.3 is 0 Å². The van der Waals surface area contributed by atoms with Crippen LogP contribution in [0.1, 0.15) is 33.6 Å². The minimum Gasteiger partial charge on any atom is -0.303 e. The highest BCUT2D eigenvalue weighted by Crippen LogP contribution is 2.08. The Kier molecular flexibility index (Phi) is 5.21. The molecule has 0 bridgehead atoms. The maximum Gasteiger partial charge on any atom is 0.152 e. The van der Waals surface area contributed by atoms with Gasteiger partial charge in [-0.2, -0.15) is 0 Å². The van der Waals surface area contributed by atoms with Crippen molar-refractivity contribution in [2.24, 2.45) is 5.92 Å². The van der Waals surface area contributed by atoms with E-state index in [9.17, 15) is 13.2 Å². The molecule has 3 nitrogen and oxygen atoms in total. The van der Waals surface area contributed by atoms with E-state index in [-0.39, 0.29) is 16.9 Å². The van der Waals surface area contributed by atoms with Crippen molar-refractivity contribution in [3.8, 4) is 0 Å². The third kappa shape index (κ3) is 5.03. The number of hydrogen-bond acceptors (Lipinski definition) is 3. The molecule has 4 heteroatoms. The second-order valence-corrected chi connectivity index (χ2v) is 6.35. The van der Waals surface area contributed by atoms with Gasteiger partial charge in [-0.15, -0.1) is 0 Å². The number of carbonyl (C=O) groups is 1. The molecular weight excluding hydrogens is 188 g/mol. The van der Waals surface area contributed by atoms with Gasteiger partial charge in [0.2, 0.25) is 0 Å². The molecular formula is C9H18O3S. The molecule has 0 saturated carbocycles. The molecule has 0 spiro atoms. The first-order valence-corrected chi connectivity index (χ1v) is 6.28. The average Bonchev–Trinajstić information content (AvgIpc) is 2.03. The van der Waals surface area contributed by atoms with Crippen molar-refractivity contribution in [2.75, 3.05) is 5.75 Å². The predicted molar refractivity (Wildman–Crippen MR) is 53.4 cm³/mol. The number of hydrogen-bond donors (Lipinski definition) is 0. The molecule has 0 N–H and O–H groups in total. The number of rotatable bonds is 6. The van der Waals surface area contributed by atoms with Crippen LogP contribution in [0, 0.1) is 5.92 Å². The van der Waals surface area contributed by atoms with Gasteiger partial charge in [-0.1, -0.05) is 6.92 Å². The van der Waals surface area contributed by atoms with Crippen LogP contribution in [0.5, 0.6) is 0 Å². The third-order valence-electron chi connectivity index (χ3n) is 2.04. The van der Waals surface area contributed by atoms with E-state index in [0.717, 1.165) is 6.29 Å². The first kappa shape index (κ1) is 12.6. The van der Waals surface area contributed by atoms with E-state index in [1.807, 2.05) is 0 Å². The van der Waals surface area contributed by atoms with E-state index in [1.54, 1.807) is 20.8 Å². The van der Waals surface area contributed by atoms with Crippen LogP contribution in [-0.4, -0.2) is 25.7 Å². The Morgan fingerprint density at radius 1 is 1.23 bits per heavy atom. The molecule has 0 saturated heterocycles. The summed E-state index contributed by atoms with van der Waals surface area (Å²) in [7, 11) is -2.92. The summed E-state index contributed by atoms with van der Waals surface area (Å²) >= 11 is 0. The van der Waals surface area contributed by atoms with Gasteiger partial charge in [-0.05, 0) is 26.7 Å². The molecule has 0 fully saturated rings. The molecule has 0 rings (SSSR count). The third-order valence-corrected chi connectivity index (χ3v) is 4.33. The summed E-state index contributed by atoms with van der Waals surface area (Å²) in [6.45, 7) is 5.16. The molecule has 0 aliphatic carbocycles. The van der Waals surface area contributed by atoms with Crippen molar-refractivity contribution >= 4 is 16.1 Å². The Balaban J connectivity index is 3.84. The maximum atomic E-state index is 11.3. The Morgan fingerprint density at radius 2 is 1.77 bits per heavy atom. The number of sulfone groups is 1. The van der Waals surface area contributed by atoms with Crippen molar-refractivity contribution in [1.82, 2.24) is 0 Å². The number of carbonyl (C=O) groups excluding carboxylic acids is 1. The van der Waals surface area contributed by atoms with Crippen molar-refractivity contribution in [2.45, 2.75) is 38.9 Å². The largest absolute Gasteiger partial charge is 0.303 e. The lowest BCUT2D eigenvalue weighted by atomic mass is 10.1. The predicted octanol–water partition coefficient (Wildman–Crippen LogP) is 1.42. The lowest BCUT2D eigenvalue weighted by Gasteiger charge is -2.07. The molecule has 78 valence electrons. The van der Waals surface area contributed by atoms with E-state index in [2.05, 4.69) is 0 Å². The molecule has 0 amide bonds. The molecule has 13 heavy (non-hydrogen) atoms. The highest BCUT2D eigenvalue weighted by Gasteiger charge is 2.15. The van der Waals surface area contributed by atoms with E-state index in [4.69, 9.17) is 0 Å². The lowest BCUT2D eigenvalue weighted by Crippen LogP contribution is -2.18. The summed E-state index contributed by atoms with van der Waals surface area (Å²) in [5.41, 5.74) is 0. The van der Waals surface area contributed by atoms with E-state index < -0.39 is 9.84 Å². The second kappa shape index (κ2) is 5.37. The first-order valence-electron chi connectivity index (χ1n) is 4.57. The maximum absolute atomic E-state index is 11.3. The quantitative estimate of drug-likeness (QED) is 0.618. The second-order valence-electron chi connectivity index (χ2n) is 3.67. The summed E-state index contributed by atoms with van der Waals surface area (Å²) in [6, 6.07) is 0. The van der Waals surface area contributed by atoms with Crippen molar-refractivity contribution < 1.29 is 13.2 Å². The van der Waals surface area contributed by atoms with E-state index in [0.29, 0.717) is 12.8 Å². The van der Waals surface area contributed by atoms with Crippen LogP contribution in [0.2, 0.25) is 0 Å². The van der Waals surface area contributed by atoms with Crippen LogP contribution in [-0.2, 0) is 14.6 Å². The zero-order valence-electron chi connectivity index (χ0n) is 8.49. The van der Waals surface area contributed by atoms with Gasteiger partial charge in [0, 0.05) is 5.92 Å². The van der Waals surface area contributed by atoms with Gasteiger partial charge in [-0.25, -0.2) is 8.42 Å². The molecule has 0 aliphatic heterocycles.